The normalized spacial score (nSPS) is 25.6. The molecule has 0 aromatic heterocycles. The van der Waals surface area contributed by atoms with Gasteiger partial charge >= 0.3 is 0 Å². The van der Waals surface area contributed by atoms with Gasteiger partial charge in [-0.1, -0.05) is 31.2 Å². The van der Waals surface area contributed by atoms with Crippen molar-refractivity contribution in [3.63, 3.8) is 0 Å². The zero-order valence-corrected chi connectivity index (χ0v) is 8.70. The Bertz CT molecular complexity index is 365. The monoisotopic (exact) mass is 188 g/mol. The quantitative estimate of drug-likeness (QED) is 0.671. The summed E-state index contributed by atoms with van der Waals surface area (Å²) >= 11 is 0. The highest BCUT2D eigenvalue weighted by Crippen LogP contribution is 2.43. The lowest BCUT2D eigenvalue weighted by Crippen LogP contribution is -1.99. The van der Waals surface area contributed by atoms with Gasteiger partial charge in [0.05, 0.1) is 0 Å². The minimum absolute atomic E-state index is 0.399. The summed E-state index contributed by atoms with van der Waals surface area (Å²) in [4.78, 5) is 0. The zero-order valence-electron chi connectivity index (χ0n) is 8.70. The van der Waals surface area contributed by atoms with E-state index in [0.29, 0.717) is 17.6 Å². The third kappa shape index (κ3) is 1.33. The molecule has 1 N–H and O–H groups in total. The third-order valence-corrected chi connectivity index (χ3v) is 3.06. The van der Waals surface area contributed by atoms with Crippen LogP contribution in [0.5, 0.6) is 5.75 Å². The minimum atomic E-state index is 0.399. The molecular weight excluding hydrogens is 172 g/mol. The molecule has 74 valence electrons. The van der Waals surface area contributed by atoms with Crippen molar-refractivity contribution in [1.82, 2.24) is 0 Å². The van der Waals surface area contributed by atoms with E-state index >= 15 is 0 Å². The Kier molecular flexibility index (Phi) is 2.32. The summed E-state index contributed by atoms with van der Waals surface area (Å²) in [5.41, 5.74) is 2.44. The maximum atomic E-state index is 9.81. The molecule has 1 heteroatoms. The molecule has 0 radical (unpaired) electrons. The molecule has 0 saturated carbocycles. The number of phenolic OH excluding ortho intramolecular Hbond substituents is 1. The van der Waals surface area contributed by atoms with Crippen LogP contribution in [0.15, 0.2) is 30.4 Å². The van der Waals surface area contributed by atoms with Crippen LogP contribution in [-0.4, -0.2) is 5.11 Å². The number of aromatic hydroxyl groups is 1. The highest BCUT2D eigenvalue weighted by molar-refractivity contribution is 5.47. The Morgan fingerprint density at radius 3 is 2.93 bits per heavy atom. The summed E-state index contributed by atoms with van der Waals surface area (Å²) in [6.07, 6.45) is 5.34. The van der Waals surface area contributed by atoms with E-state index in [0.717, 1.165) is 12.0 Å². The number of phenols is 1. The Morgan fingerprint density at radius 1 is 1.43 bits per heavy atom. The van der Waals surface area contributed by atoms with Crippen molar-refractivity contribution in [2.45, 2.75) is 26.2 Å². The molecule has 1 aliphatic rings. The predicted octanol–water partition coefficient (Wildman–Crippen LogP) is 3.24. The fraction of sp³-hybridized carbons (Fsp3) is 0.385. The third-order valence-electron chi connectivity index (χ3n) is 3.06. The lowest BCUT2D eigenvalue weighted by Gasteiger charge is -2.12. The Morgan fingerprint density at radius 2 is 2.21 bits per heavy atom. The molecule has 0 aliphatic heterocycles. The van der Waals surface area contributed by atoms with Gasteiger partial charge in [0.25, 0.3) is 0 Å². The standard InChI is InChI=1S/C13H16O/c1-3-5-11-9(2)8-10-6-4-7-12(14)13(10)11/h3-7,9,11,14H,8H2,1-2H3/b5-3-/t9-,11+/m0/s1. The maximum Gasteiger partial charge on any atom is 0.119 e. The first-order chi connectivity index (χ1) is 6.74. The highest BCUT2D eigenvalue weighted by Gasteiger charge is 2.29. The van der Waals surface area contributed by atoms with Crippen LogP contribution in [-0.2, 0) is 6.42 Å². The molecule has 1 aromatic carbocycles. The first-order valence-corrected chi connectivity index (χ1v) is 5.17. The second-order valence-electron chi connectivity index (χ2n) is 4.08. The second-order valence-corrected chi connectivity index (χ2v) is 4.08. The topological polar surface area (TPSA) is 20.2 Å². The van der Waals surface area contributed by atoms with E-state index in [1.54, 1.807) is 6.07 Å². The van der Waals surface area contributed by atoms with Crippen LogP contribution in [0.25, 0.3) is 0 Å². The van der Waals surface area contributed by atoms with Gasteiger partial charge in [0.1, 0.15) is 5.75 Å². The van der Waals surface area contributed by atoms with E-state index in [9.17, 15) is 5.11 Å². The number of allylic oxidation sites excluding steroid dienone is 2. The molecule has 2 atom stereocenters. The van der Waals surface area contributed by atoms with Crippen molar-refractivity contribution < 1.29 is 5.11 Å². The van der Waals surface area contributed by atoms with Gasteiger partial charge in [0, 0.05) is 11.5 Å². The van der Waals surface area contributed by atoms with Crippen molar-refractivity contribution in [2.24, 2.45) is 5.92 Å². The summed E-state index contributed by atoms with van der Waals surface area (Å²) in [7, 11) is 0. The van der Waals surface area contributed by atoms with E-state index in [-0.39, 0.29) is 0 Å². The molecule has 1 nitrogen and oxygen atoms in total. The number of rotatable bonds is 1. The number of fused-ring (bicyclic) bond motifs is 1. The van der Waals surface area contributed by atoms with Crippen LogP contribution in [0.3, 0.4) is 0 Å². The molecule has 0 bridgehead atoms. The maximum absolute atomic E-state index is 9.81. The molecule has 1 aromatic rings. The molecule has 0 spiro atoms. The van der Waals surface area contributed by atoms with Gasteiger partial charge in [-0.2, -0.15) is 0 Å². The molecule has 0 amide bonds. The molecule has 14 heavy (non-hydrogen) atoms. The van der Waals surface area contributed by atoms with Gasteiger partial charge in [0.15, 0.2) is 0 Å². The SMILES string of the molecule is C/C=C\[C@H]1c2c(O)cccc2C[C@@H]1C. The van der Waals surface area contributed by atoms with E-state index < -0.39 is 0 Å². The number of benzene rings is 1. The van der Waals surface area contributed by atoms with Crippen LogP contribution in [0.1, 0.15) is 30.9 Å². The average Bonchev–Trinajstić information content (AvgIpc) is 2.45. The molecule has 0 heterocycles. The van der Waals surface area contributed by atoms with E-state index in [1.165, 1.54) is 5.56 Å². The van der Waals surface area contributed by atoms with Gasteiger partial charge in [-0.15, -0.1) is 0 Å². The molecule has 0 fully saturated rings. The lowest BCUT2D eigenvalue weighted by molar-refractivity contribution is 0.461. The zero-order chi connectivity index (χ0) is 10.1. The number of hydrogen-bond acceptors (Lipinski definition) is 1. The van der Waals surface area contributed by atoms with Crippen molar-refractivity contribution in [3.05, 3.63) is 41.5 Å². The van der Waals surface area contributed by atoms with Gasteiger partial charge in [-0.3, -0.25) is 0 Å². The van der Waals surface area contributed by atoms with Gasteiger partial charge < -0.3 is 5.11 Å². The van der Waals surface area contributed by atoms with Crippen LogP contribution < -0.4 is 0 Å². The fourth-order valence-electron chi connectivity index (χ4n) is 2.41. The first-order valence-electron chi connectivity index (χ1n) is 5.17. The van der Waals surface area contributed by atoms with Gasteiger partial charge in [-0.05, 0) is 30.9 Å². The summed E-state index contributed by atoms with van der Waals surface area (Å²) in [5, 5.41) is 9.81. The van der Waals surface area contributed by atoms with Crippen molar-refractivity contribution >= 4 is 0 Å². The summed E-state index contributed by atoms with van der Waals surface area (Å²) in [5.74, 6) is 1.46. The van der Waals surface area contributed by atoms with Crippen LogP contribution in [0.4, 0.5) is 0 Å². The molecule has 0 unspecified atom stereocenters. The molecule has 2 rings (SSSR count). The summed E-state index contributed by atoms with van der Waals surface area (Å²) in [6, 6.07) is 5.83. The van der Waals surface area contributed by atoms with Crippen LogP contribution in [0.2, 0.25) is 0 Å². The van der Waals surface area contributed by atoms with E-state index in [2.05, 4.69) is 25.1 Å². The molecule has 0 saturated heterocycles. The predicted molar refractivity (Wildman–Crippen MR) is 58.5 cm³/mol. The fourth-order valence-corrected chi connectivity index (χ4v) is 2.41. The van der Waals surface area contributed by atoms with Crippen LogP contribution in [0, 0.1) is 5.92 Å². The van der Waals surface area contributed by atoms with E-state index in [1.807, 2.05) is 13.0 Å². The van der Waals surface area contributed by atoms with Crippen molar-refractivity contribution in [2.75, 3.05) is 0 Å². The van der Waals surface area contributed by atoms with Crippen molar-refractivity contribution in [3.8, 4) is 5.75 Å². The highest BCUT2D eigenvalue weighted by atomic mass is 16.3. The molecular formula is C13H16O. The summed E-state index contributed by atoms with van der Waals surface area (Å²) < 4.78 is 0. The smallest absolute Gasteiger partial charge is 0.119 e. The Balaban J connectivity index is 2.49. The Hall–Kier alpha value is -1.24. The summed E-state index contributed by atoms with van der Waals surface area (Å²) in [6.45, 7) is 4.27. The average molecular weight is 188 g/mol. The Labute approximate surface area is 85.1 Å². The van der Waals surface area contributed by atoms with Gasteiger partial charge in [0.2, 0.25) is 0 Å². The van der Waals surface area contributed by atoms with E-state index in [4.69, 9.17) is 0 Å². The lowest BCUT2D eigenvalue weighted by atomic mass is 9.93. The number of hydrogen-bond donors (Lipinski definition) is 1. The van der Waals surface area contributed by atoms with Crippen LogP contribution >= 0.6 is 0 Å². The second kappa shape index (κ2) is 3.49. The largest absolute Gasteiger partial charge is 0.508 e. The first kappa shape index (κ1) is 9.32. The van der Waals surface area contributed by atoms with Gasteiger partial charge in [-0.25, -0.2) is 0 Å². The minimum Gasteiger partial charge on any atom is -0.508 e. The van der Waals surface area contributed by atoms with Crippen molar-refractivity contribution in [1.29, 1.82) is 0 Å². The molecule has 1 aliphatic carbocycles.